The monoisotopic (exact) mass is 222 g/mol. The largest absolute Gasteiger partial charge is 0.508 e. The number of rotatable bonds is 4. The molecule has 0 bridgehead atoms. The molecule has 0 saturated heterocycles. The minimum atomic E-state index is -0.710. The molecule has 0 radical (unpaired) electrons. The highest BCUT2D eigenvalue weighted by Crippen LogP contribution is 2.25. The first-order chi connectivity index (χ1) is 7.74. The summed E-state index contributed by atoms with van der Waals surface area (Å²) in [6.07, 6.45) is 3.73. The van der Waals surface area contributed by atoms with E-state index in [-0.39, 0.29) is 5.75 Å². The van der Waals surface area contributed by atoms with E-state index in [4.69, 9.17) is 19.3 Å². The first-order valence-corrected chi connectivity index (χ1v) is 5.16. The van der Waals surface area contributed by atoms with E-state index in [2.05, 4.69) is 0 Å². The molecule has 86 valence electrons. The number of hydrogen-bond donors (Lipinski definition) is 1. The van der Waals surface area contributed by atoms with Crippen LogP contribution in [0, 0.1) is 0 Å². The quantitative estimate of drug-likeness (QED) is 0.849. The van der Waals surface area contributed by atoms with Gasteiger partial charge < -0.3 is 19.3 Å². The average molecular weight is 222 g/mol. The lowest BCUT2D eigenvalue weighted by molar-refractivity contribution is -0.164. The van der Waals surface area contributed by atoms with Crippen LogP contribution < -0.4 is 4.74 Å². The minimum Gasteiger partial charge on any atom is -0.508 e. The summed E-state index contributed by atoms with van der Waals surface area (Å²) in [5.41, 5.74) is 0. The first-order valence-electron chi connectivity index (χ1n) is 5.16. The molecule has 2 rings (SSSR count). The van der Waals surface area contributed by atoms with Gasteiger partial charge in [-0.05, 0) is 24.3 Å². The van der Waals surface area contributed by atoms with Gasteiger partial charge in [-0.15, -0.1) is 0 Å². The standard InChI is InChI=1S/C12H14O4/c1-2-12(15-7-8-16-12)9-14-11-5-3-10(13)4-6-11/h3-8,13H,2,9H2,1H3. The highest BCUT2D eigenvalue weighted by atomic mass is 16.7. The number of phenolic OH excluding ortho intramolecular Hbond substituents is 1. The summed E-state index contributed by atoms with van der Waals surface area (Å²) in [7, 11) is 0. The predicted molar refractivity (Wildman–Crippen MR) is 57.9 cm³/mol. The smallest absolute Gasteiger partial charge is 0.283 e. The van der Waals surface area contributed by atoms with E-state index in [1.807, 2.05) is 6.92 Å². The Morgan fingerprint density at radius 2 is 1.81 bits per heavy atom. The van der Waals surface area contributed by atoms with Crippen molar-refractivity contribution in [1.29, 1.82) is 0 Å². The maximum atomic E-state index is 9.12. The molecule has 16 heavy (non-hydrogen) atoms. The molecule has 0 aliphatic carbocycles. The summed E-state index contributed by atoms with van der Waals surface area (Å²) in [6.45, 7) is 2.27. The lowest BCUT2D eigenvalue weighted by Crippen LogP contribution is -2.36. The van der Waals surface area contributed by atoms with Crippen molar-refractivity contribution in [3.05, 3.63) is 36.8 Å². The van der Waals surface area contributed by atoms with Crippen LogP contribution in [0.15, 0.2) is 36.8 Å². The maximum Gasteiger partial charge on any atom is 0.283 e. The Morgan fingerprint density at radius 1 is 1.19 bits per heavy atom. The fourth-order valence-corrected chi connectivity index (χ4v) is 1.40. The summed E-state index contributed by atoms with van der Waals surface area (Å²) >= 11 is 0. The summed E-state index contributed by atoms with van der Waals surface area (Å²) < 4.78 is 16.3. The van der Waals surface area contributed by atoms with Crippen LogP contribution in [-0.4, -0.2) is 17.5 Å². The maximum absolute atomic E-state index is 9.12. The molecule has 0 amide bonds. The Labute approximate surface area is 94.1 Å². The topological polar surface area (TPSA) is 47.9 Å². The van der Waals surface area contributed by atoms with Crippen LogP contribution in [0.5, 0.6) is 11.5 Å². The van der Waals surface area contributed by atoms with Gasteiger partial charge in [-0.1, -0.05) is 6.92 Å². The van der Waals surface area contributed by atoms with E-state index in [1.54, 1.807) is 24.3 Å². The van der Waals surface area contributed by atoms with E-state index in [0.717, 1.165) is 0 Å². The number of benzene rings is 1. The van der Waals surface area contributed by atoms with Crippen molar-refractivity contribution in [2.24, 2.45) is 0 Å². The van der Waals surface area contributed by atoms with Gasteiger partial charge in [0, 0.05) is 6.42 Å². The van der Waals surface area contributed by atoms with Crippen LogP contribution in [0.25, 0.3) is 0 Å². The van der Waals surface area contributed by atoms with Crippen LogP contribution in [-0.2, 0) is 9.47 Å². The zero-order chi connectivity index (χ0) is 11.4. The van der Waals surface area contributed by atoms with Crippen molar-refractivity contribution < 1.29 is 19.3 Å². The summed E-state index contributed by atoms with van der Waals surface area (Å²) in [5.74, 6) is 0.176. The first kappa shape index (κ1) is 10.7. The Balaban J connectivity index is 1.93. The van der Waals surface area contributed by atoms with Gasteiger partial charge in [-0.3, -0.25) is 0 Å². The molecule has 1 aromatic carbocycles. The van der Waals surface area contributed by atoms with Crippen molar-refractivity contribution in [1.82, 2.24) is 0 Å². The number of aromatic hydroxyl groups is 1. The lowest BCUT2D eigenvalue weighted by Gasteiger charge is -2.26. The second kappa shape index (κ2) is 4.35. The highest BCUT2D eigenvalue weighted by Gasteiger charge is 2.34. The molecule has 4 nitrogen and oxygen atoms in total. The van der Waals surface area contributed by atoms with Crippen molar-refractivity contribution >= 4 is 0 Å². The van der Waals surface area contributed by atoms with E-state index in [0.29, 0.717) is 18.8 Å². The van der Waals surface area contributed by atoms with E-state index < -0.39 is 5.79 Å². The van der Waals surface area contributed by atoms with Gasteiger partial charge in [0.2, 0.25) is 0 Å². The Kier molecular flexibility index (Phi) is 2.90. The van der Waals surface area contributed by atoms with Gasteiger partial charge in [0.25, 0.3) is 5.79 Å². The average Bonchev–Trinajstić information content (AvgIpc) is 2.78. The van der Waals surface area contributed by atoms with Gasteiger partial charge in [0.1, 0.15) is 24.0 Å². The Morgan fingerprint density at radius 3 is 2.38 bits per heavy atom. The second-order valence-corrected chi connectivity index (χ2v) is 3.55. The zero-order valence-corrected chi connectivity index (χ0v) is 9.05. The molecule has 0 aromatic heterocycles. The molecule has 4 heteroatoms. The summed E-state index contributed by atoms with van der Waals surface area (Å²) in [4.78, 5) is 0. The number of ether oxygens (including phenoxy) is 3. The molecule has 1 N–H and O–H groups in total. The van der Waals surface area contributed by atoms with E-state index in [1.165, 1.54) is 12.5 Å². The van der Waals surface area contributed by atoms with Crippen LogP contribution in [0.4, 0.5) is 0 Å². The van der Waals surface area contributed by atoms with Crippen LogP contribution in [0.1, 0.15) is 13.3 Å². The summed E-state index contributed by atoms with van der Waals surface area (Å²) in [5, 5.41) is 9.12. The predicted octanol–water partition coefficient (Wildman–Crippen LogP) is 2.40. The lowest BCUT2D eigenvalue weighted by atomic mass is 10.2. The number of hydrogen-bond acceptors (Lipinski definition) is 4. The van der Waals surface area contributed by atoms with Gasteiger partial charge in [0.15, 0.2) is 6.61 Å². The fraction of sp³-hybridized carbons (Fsp3) is 0.333. The molecule has 0 fully saturated rings. The third-order valence-corrected chi connectivity index (χ3v) is 2.46. The second-order valence-electron chi connectivity index (χ2n) is 3.55. The summed E-state index contributed by atoms with van der Waals surface area (Å²) in [6, 6.07) is 6.53. The molecular weight excluding hydrogens is 208 g/mol. The van der Waals surface area contributed by atoms with E-state index >= 15 is 0 Å². The Hall–Kier alpha value is -1.84. The van der Waals surface area contributed by atoms with Crippen molar-refractivity contribution in [3.8, 4) is 11.5 Å². The molecule has 1 aliphatic rings. The third kappa shape index (κ3) is 2.21. The third-order valence-electron chi connectivity index (χ3n) is 2.46. The van der Waals surface area contributed by atoms with Crippen molar-refractivity contribution in [3.63, 3.8) is 0 Å². The van der Waals surface area contributed by atoms with Crippen LogP contribution in [0.3, 0.4) is 0 Å². The van der Waals surface area contributed by atoms with E-state index in [9.17, 15) is 0 Å². The SMILES string of the molecule is CCC1(COc2ccc(O)cc2)OC=CO1. The Bertz CT molecular complexity index is 361. The highest BCUT2D eigenvalue weighted by molar-refractivity contribution is 5.30. The van der Waals surface area contributed by atoms with Crippen LogP contribution in [0.2, 0.25) is 0 Å². The van der Waals surface area contributed by atoms with Gasteiger partial charge >= 0.3 is 0 Å². The molecule has 0 spiro atoms. The van der Waals surface area contributed by atoms with Gasteiger partial charge in [-0.2, -0.15) is 0 Å². The fourth-order valence-electron chi connectivity index (χ4n) is 1.40. The normalized spacial score (nSPS) is 16.6. The molecule has 1 aliphatic heterocycles. The van der Waals surface area contributed by atoms with Gasteiger partial charge in [-0.25, -0.2) is 0 Å². The van der Waals surface area contributed by atoms with Crippen molar-refractivity contribution in [2.75, 3.05) is 6.61 Å². The molecule has 0 atom stereocenters. The van der Waals surface area contributed by atoms with Gasteiger partial charge in [0.05, 0.1) is 0 Å². The van der Waals surface area contributed by atoms with Crippen molar-refractivity contribution in [2.45, 2.75) is 19.1 Å². The number of phenols is 1. The molecule has 0 saturated carbocycles. The minimum absolute atomic E-state index is 0.215. The molecule has 1 aromatic rings. The molecule has 1 heterocycles. The zero-order valence-electron chi connectivity index (χ0n) is 9.05. The molecule has 0 unspecified atom stereocenters. The van der Waals surface area contributed by atoms with Crippen LogP contribution >= 0.6 is 0 Å². The molecular formula is C12H14O4.